The highest BCUT2D eigenvalue weighted by molar-refractivity contribution is 6.31. The molecular weight excluding hydrogens is 527 g/mol. The molecule has 1 saturated carbocycles. The van der Waals surface area contributed by atoms with E-state index in [0.29, 0.717) is 33.4 Å². The van der Waals surface area contributed by atoms with Crippen molar-refractivity contribution in [3.8, 4) is 28.1 Å². The fourth-order valence-electron chi connectivity index (χ4n) is 5.45. The molecular formula is C26H18ClFN8O3. The Balaban J connectivity index is 1.30. The minimum atomic E-state index is -1.20. The van der Waals surface area contributed by atoms with Crippen molar-refractivity contribution in [2.24, 2.45) is 5.92 Å². The first kappa shape index (κ1) is 23.3. The highest BCUT2D eigenvalue weighted by Gasteiger charge is 2.54. The van der Waals surface area contributed by atoms with Crippen LogP contribution in [0.3, 0.4) is 0 Å². The number of hydrogen-bond acceptors (Lipinski definition) is 7. The number of aromatic carboxylic acids is 1. The number of hydrogen-bond donors (Lipinski definition) is 3. The SMILES string of the molecule is Nc1ccc(-c2cnc(C3C4CC4c4cc(-c5cc(Cl)ccc5-n5cc(C(=O)O)nn5)cc(=O)n43)[nH]2)c(F)n1. The van der Waals surface area contributed by atoms with Gasteiger partial charge in [-0.3, -0.25) is 4.79 Å². The van der Waals surface area contributed by atoms with Gasteiger partial charge in [0, 0.05) is 28.3 Å². The Morgan fingerprint density at radius 3 is 2.79 bits per heavy atom. The van der Waals surface area contributed by atoms with Crippen LogP contribution in [0.5, 0.6) is 0 Å². The lowest BCUT2D eigenvalue weighted by molar-refractivity contribution is 0.0690. The molecule has 2 aliphatic rings. The number of nitrogens with two attached hydrogens (primary N) is 1. The summed E-state index contributed by atoms with van der Waals surface area (Å²) in [5, 5.41) is 17.3. The number of pyridine rings is 2. The second-order valence-electron chi connectivity index (χ2n) is 9.60. The Morgan fingerprint density at radius 2 is 2.03 bits per heavy atom. The molecule has 4 N–H and O–H groups in total. The highest BCUT2D eigenvalue weighted by Crippen LogP contribution is 2.60. The molecule has 5 aromatic rings. The highest BCUT2D eigenvalue weighted by atomic mass is 35.5. The minimum absolute atomic E-state index is 0.0814. The van der Waals surface area contributed by atoms with Gasteiger partial charge in [0.05, 0.1) is 35.4 Å². The Labute approximate surface area is 223 Å². The van der Waals surface area contributed by atoms with Gasteiger partial charge in [-0.05, 0) is 54.3 Å². The Bertz CT molecular complexity index is 1880. The zero-order valence-corrected chi connectivity index (χ0v) is 20.7. The van der Waals surface area contributed by atoms with Crippen LogP contribution in [0.2, 0.25) is 5.02 Å². The first-order valence-corrected chi connectivity index (χ1v) is 12.4. The predicted molar refractivity (Wildman–Crippen MR) is 138 cm³/mol. The zero-order valence-electron chi connectivity index (χ0n) is 19.9. The molecule has 13 heteroatoms. The average Bonchev–Trinajstić information content (AvgIpc) is 3.22. The fraction of sp³-hybridized carbons (Fsp3) is 0.154. The van der Waals surface area contributed by atoms with Crippen LogP contribution in [0, 0.1) is 11.9 Å². The smallest absolute Gasteiger partial charge is 0.358 e. The standard InChI is InChI=1S/C26H18ClFN8O3/c27-12-1-3-19(35-10-18(26(38)39)33-34-35)14(7-12)11-5-20-15-8-16(15)23(36(20)22(37)6-11)25-30-9-17(31-25)13-2-4-21(29)32-24(13)28/h1-7,9-10,15-16,23H,8H2,(H2,29,32)(H,30,31)(H,38,39). The number of anilines is 1. The van der Waals surface area contributed by atoms with Crippen LogP contribution in [-0.2, 0) is 0 Å². The van der Waals surface area contributed by atoms with E-state index in [9.17, 15) is 19.1 Å². The normalized spacial score (nSPS) is 19.1. The Kier molecular flexibility index (Phi) is 4.98. The molecule has 0 radical (unpaired) electrons. The zero-order chi connectivity index (χ0) is 27.0. The summed E-state index contributed by atoms with van der Waals surface area (Å²) >= 11 is 6.31. The number of H-pyrrole nitrogens is 1. The molecule has 1 aromatic carbocycles. The van der Waals surface area contributed by atoms with Gasteiger partial charge < -0.3 is 20.4 Å². The summed E-state index contributed by atoms with van der Waals surface area (Å²) in [6.07, 6.45) is 3.72. The van der Waals surface area contributed by atoms with Crippen LogP contribution in [0.4, 0.5) is 10.2 Å². The monoisotopic (exact) mass is 544 g/mol. The summed E-state index contributed by atoms with van der Waals surface area (Å²) in [5.74, 6) is -0.919. The molecule has 1 aliphatic carbocycles. The molecule has 0 saturated heterocycles. The van der Waals surface area contributed by atoms with Crippen molar-refractivity contribution in [1.82, 2.24) is 34.5 Å². The van der Waals surface area contributed by atoms with Crippen molar-refractivity contribution in [3.63, 3.8) is 0 Å². The lowest BCUT2D eigenvalue weighted by atomic mass is 10.0. The van der Waals surface area contributed by atoms with Crippen molar-refractivity contribution in [1.29, 1.82) is 0 Å². The van der Waals surface area contributed by atoms with Gasteiger partial charge in [0.2, 0.25) is 5.95 Å². The molecule has 3 unspecified atom stereocenters. The molecule has 7 rings (SSSR count). The number of rotatable bonds is 5. The predicted octanol–water partition coefficient (Wildman–Crippen LogP) is 3.66. The van der Waals surface area contributed by atoms with Gasteiger partial charge in [-0.1, -0.05) is 16.8 Å². The minimum Gasteiger partial charge on any atom is -0.476 e. The van der Waals surface area contributed by atoms with Gasteiger partial charge in [-0.15, -0.1) is 5.10 Å². The van der Waals surface area contributed by atoms with E-state index >= 15 is 0 Å². The molecule has 3 atom stereocenters. The van der Waals surface area contributed by atoms with E-state index in [4.69, 9.17) is 17.3 Å². The molecule has 1 aliphatic heterocycles. The third-order valence-electron chi connectivity index (χ3n) is 7.27. The summed E-state index contributed by atoms with van der Waals surface area (Å²) in [4.78, 5) is 36.2. The maximum atomic E-state index is 14.4. The number of aromatic amines is 1. The maximum absolute atomic E-state index is 14.4. The van der Waals surface area contributed by atoms with E-state index in [1.165, 1.54) is 35.3 Å². The van der Waals surface area contributed by atoms with E-state index in [0.717, 1.165) is 12.1 Å². The number of benzene rings is 1. The summed E-state index contributed by atoms with van der Waals surface area (Å²) in [6.45, 7) is 0. The van der Waals surface area contributed by atoms with Crippen LogP contribution >= 0.6 is 11.6 Å². The second kappa shape index (κ2) is 8.33. The van der Waals surface area contributed by atoms with E-state index in [1.807, 2.05) is 6.07 Å². The number of carboxylic acids is 1. The van der Waals surface area contributed by atoms with E-state index in [1.54, 1.807) is 22.8 Å². The van der Waals surface area contributed by atoms with E-state index < -0.39 is 11.9 Å². The van der Waals surface area contributed by atoms with Crippen LogP contribution in [0.25, 0.3) is 28.1 Å². The van der Waals surface area contributed by atoms with Crippen LogP contribution in [0.1, 0.15) is 40.4 Å². The van der Waals surface area contributed by atoms with Gasteiger partial charge >= 0.3 is 5.97 Å². The molecule has 0 amide bonds. The average molecular weight is 545 g/mol. The summed E-state index contributed by atoms with van der Waals surface area (Å²) in [6, 6.07) is 11.2. The van der Waals surface area contributed by atoms with Crippen LogP contribution in [0.15, 0.2) is 59.7 Å². The topological polar surface area (TPSA) is 158 Å². The molecule has 4 aromatic heterocycles. The van der Waals surface area contributed by atoms with Crippen molar-refractivity contribution >= 4 is 23.4 Å². The van der Waals surface area contributed by atoms with Crippen molar-refractivity contribution in [3.05, 3.63) is 93.4 Å². The number of fused-ring (bicyclic) bond motifs is 3. The molecule has 0 bridgehead atoms. The van der Waals surface area contributed by atoms with E-state index in [-0.39, 0.29) is 40.5 Å². The van der Waals surface area contributed by atoms with Crippen LogP contribution in [-0.4, -0.2) is 45.6 Å². The molecule has 0 spiro atoms. The van der Waals surface area contributed by atoms with Crippen LogP contribution < -0.4 is 11.3 Å². The number of carboxylic acid groups (broad SMARTS) is 1. The van der Waals surface area contributed by atoms with Crippen molar-refractivity contribution in [2.75, 3.05) is 5.73 Å². The molecule has 1 fully saturated rings. The molecule has 39 heavy (non-hydrogen) atoms. The van der Waals surface area contributed by atoms with Gasteiger partial charge in [0.1, 0.15) is 11.6 Å². The third-order valence-corrected chi connectivity index (χ3v) is 7.50. The summed E-state index contributed by atoms with van der Waals surface area (Å²) in [5.41, 5.74) is 8.44. The number of imidazole rings is 1. The lowest BCUT2D eigenvalue weighted by Gasteiger charge is -2.18. The van der Waals surface area contributed by atoms with Gasteiger partial charge in [0.25, 0.3) is 5.56 Å². The Morgan fingerprint density at radius 1 is 1.18 bits per heavy atom. The van der Waals surface area contributed by atoms with Crippen molar-refractivity contribution in [2.45, 2.75) is 18.4 Å². The first-order valence-electron chi connectivity index (χ1n) is 12.0. The quantitative estimate of drug-likeness (QED) is 0.283. The number of nitrogen functional groups attached to an aromatic ring is 1. The van der Waals surface area contributed by atoms with E-state index in [2.05, 4.69) is 25.3 Å². The van der Waals surface area contributed by atoms with Crippen molar-refractivity contribution < 1.29 is 14.3 Å². The molecule has 11 nitrogen and oxygen atoms in total. The summed E-state index contributed by atoms with van der Waals surface area (Å²) in [7, 11) is 0. The second-order valence-corrected chi connectivity index (χ2v) is 10.0. The first-order chi connectivity index (χ1) is 18.8. The van der Waals surface area contributed by atoms with Gasteiger partial charge in [-0.2, -0.15) is 4.39 Å². The molecule has 5 heterocycles. The third kappa shape index (κ3) is 3.71. The largest absolute Gasteiger partial charge is 0.476 e. The lowest BCUT2D eigenvalue weighted by Crippen LogP contribution is -2.26. The maximum Gasteiger partial charge on any atom is 0.358 e. The number of halogens is 2. The number of nitrogens with one attached hydrogen (secondary N) is 1. The van der Waals surface area contributed by atoms with Gasteiger partial charge in [-0.25, -0.2) is 19.4 Å². The van der Waals surface area contributed by atoms with Gasteiger partial charge in [0.15, 0.2) is 5.69 Å². The molecule has 194 valence electrons. The fourth-order valence-corrected chi connectivity index (χ4v) is 5.62. The number of nitrogens with zero attached hydrogens (tertiary/aromatic N) is 6. The summed E-state index contributed by atoms with van der Waals surface area (Å²) < 4.78 is 17.5. The Hall–Kier alpha value is -4.84. The number of aromatic nitrogens is 7. The number of carbonyl (C=O) groups is 1.